The van der Waals surface area contributed by atoms with E-state index in [9.17, 15) is 0 Å². The van der Waals surface area contributed by atoms with Crippen LogP contribution < -0.4 is 11.5 Å². The van der Waals surface area contributed by atoms with Crippen molar-refractivity contribution in [3.63, 3.8) is 0 Å². The molecule has 1 saturated heterocycles. The van der Waals surface area contributed by atoms with Crippen molar-refractivity contribution >= 4 is 0 Å². The van der Waals surface area contributed by atoms with Crippen molar-refractivity contribution < 1.29 is 0 Å². The summed E-state index contributed by atoms with van der Waals surface area (Å²) in [7, 11) is 0. The number of nitrogens with two attached hydrogens (primary N) is 2. The number of hydrogen-bond acceptors (Lipinski definition) is 3. The smallest absolute Gasteiger partial charge is 0.0221 e. The first-order valence-corrected chi connectivity index (χ1v) is 4.35. The van der Waals surface area contributed by atoms with Gasteiger partial charge in [0.05, 0.1) is 0 Å². The molecule has 1 aliphatic rings. The van der Waals surface area contributed by atoms with Gasteiger partial charge in [-0.05, 0) is 20.4 Å². The highest BCUT2D eigenvalue weighted by Crippen LogP contribution is 2.16. The van der Waals surface area contributed by atoms with Gasteiger partial charge >= 0.3 is 0 Å². The molecule has 0 saturated carbocycles. The van der Waals surface area contributed by atoms with Crippen molar-refractivity contribution in [1.82, 2.24) is 4.90 Å². The summed E-state index contributed by atoms with van der Waals surface area (Å²) in [5.41, 5.74) is 11.5. The van der Waals surface area contributed by atoms with Crippen LogP contribution in [0, 0.1) is 5.92 Å². The van der Waals surface area contributed by atoms with Gasteiger partial charge in [0.15, 0.2) is 0 Å². The Kier molecular flexibility index (Phi) is 2.87. The minimum atomic E-state index is 0.294. The fourth-order valence-corrected chi connectivity index (χ4v) is 1.60. The molecule has 2 atom stereocenters. The van der Waals surface area contributed by atoms with Gasteiger partial charge in [0.1, 0.15) is 0 Å². The van der Waals surface area contributed by atoms with E-state index in [4.69, 9.17) is 11.5 Å². The van der Waals surface area contributed by atoms with Crippen LogP contribution in [0.3, 0.4) is 0 Å². The Balaban J connectivity index is 2.43. The first-order chi connectivity index (χ1) is 5.15. The topological polar surface area (TPSA) is 55.3 Å². The van der Waals surface area contributed by atoms with Crippen molar-refractivity contribution in [3.05, 3.63) is 0 Å². The van der Waals surface area contributed by atoms with E-state index in [0.717, 1.165) is 19.6 Å². The van der Waals surface area contributed by atoms with Crippen molar-refractivity contribution in [3.8, 4) is 0 Å². The third-order valence-electron chi connectivity index (χ3n) is 2.55. The number of hydrogen-bond donors (Lipinski definition) is 2. The first-order valence-electron chi connectivity index (χ1n) is 4.35. The fourth-order valence-electron chi connectivity index (χ4n) is 1.60. The molecule has 4 N–H and O–H groups in total. The Morgan fingerprint density at radius 1 is 1.45 bits per heavy atom. The van der Waals surface area contributed by atoms with Gasteiger partial charge in [0, 0.05) is 31.1 Å². The Hall–Kier alpha value is -0.120. The molecule has 1 fully saturated rings. The largest absolute Gasteiger partial charge is 0.330 e. The second kappa shape index (κ2) is 3.52. The van der Waals surface area contributed by atoms with E-state index in [0.29, 0.717) is 18.0 Å². The van der Waals surface area contributed by atoms with Crippen LogP contribution in [0.5, 0.6) is 0 Å². The number of rotatable bonds is 2. The molecular formula is C8H19N3. The highest BCUT2D eigenvalue weighted by atomic mass is 15.2. The lowest BCUT2D eigenvalue weighted by atomic mass is 10.1. The lowest BCUT2D eigenvalue weighted by Gasteiger charge is -2.19. The molecule has 0 radical (unpaired) electrons. The fraction of sp³-hybridized carbons (Fsp3) is 1.00. The Labute approximate surface area is 68.7 Å². The van der Waals surface area contributed by atoms with E-state index in [1.54, 1.807) is 0 Å². The molecule has 0 aromatic carbocycles. The molecule has 3 nitrogen and oxygen atoms in total. The van der Waals surface area contributed by atoms with E-state index in [2.05, 4.69) is 18.7 Å². The second-order valence-corrected chi connectivity index (χ2v) is 3.71. The molecule has 11 heavy (non-hydrogen) atoms. The van der Waals surface area contributed by atoms with Gasteiger partial charge in [0.25, 0.3) is 0 Å². The van der Waals surface area contributed by atoms with Crippen LogP contribution in [-0.4, -0.2) is 36.6 Å². The van der Waals surface area contributed by atoms with Gasteiger partial charge in [-0.15, -0.1) is 0 Å². The third kappa shape index (κ3) is 1.92. The zero-order valence-corrected chi connectivity index (χ0v) is 7.46. The Morgan fingerprint density at radius 3 is 2.36 bits per heavy atom. The van der Waals surface area contributed by atoms with Gasteiger partial charge in [-0.1, -0.05) is 0 Å². The highest BCUT2D eigenvalue weighted by molar-refractivity contribution is 4.88. The van der Waals surface area contributed by atoms with Crippen LogP contribution in [0.1, 0.15) is 13.8 Å². The predicted molar refractivity (Wildman–Crippen MR) is 47.2 cm³/mol. The van der Waals surface area contributed by atoms with Crippen LogP contribution in [0.2, 0.25) is 0 Å². The van der Waals surface area contributed by atoms with E-state index < -0.39 is 0 Å². The SMILES string of the molecule is CC(C)N1CC(N)C(CN)C1. The van der Waals surface area contributed by atoms with Crippen molar-refractivity contribution in [2.75, 3.05) is 19.6 Å². The molecule has 0 spiro atoms. The molecule has 3 heteroatoms. The lowest BCUT2D eigenvalue weighted by molar-refractivity contribution is 0.265. The van der Waals surface area contributed by atoms with Gasteiger partial charge in [-0.2, -0.15) is 0 Å². The molecule has 0 bridgehead atoms. The molecule has 1 heterocycles. The molecule has 1 aliphatic heterocycles. The third-order valence-corrected chi connectivity index (χ3v) is 2.55. The van der Waals surface area contributed by atoms with Crippen molar-refractivity contribution in [2.45, 2.75) is 25.9 Å². The normalized spacial score (nSPS) is 33.5. The Bertz CT molecular complexity index is 125. The van der Waals surface area contributed by atoms with Gasteiger partial charge < -0.3 is 11.5 Å². The first kappa shape index (κ1) is 8.97. The molecule has 1 rings (SSSR count). The Morgan fingerprint density at radius 2 is 2.09 bits per heavy atom. The minimum absolute atomic E-state index is 0.294. The predicted octanol–water partition coefficient (Wildman–Crippen LogP) is -0.387. The summed E-state index contributed by atoms with van der Waals surface area (Å²) in [6, 6.07) is 0.903. The van der Waals surface area contributed by atoms with Crippen molar-refractivity contribution in [1.29, 1.82) is 0 Å². The van der Waals surface area contributed by atoms with Gasteiger partial charge in [-0.3, -0.25) is 4.90 Å². The summed E-state index contributed by atoms with van der Waals surface area (Å²) in [6.45, 7) is 7.22. The molecule has 0 aromatic heterocycles. The summed E-state index contributed by atoms with van der Waals surface area (Å²) >= 11 is 0. The molecule has 66 valence electrons. The standard InChI is InChI=1S/C8H19N3/c1-6(2)11-4-7(3-9)8(10)5-11/h6-8H,3-5,9-10H2,1-2H3. The average Bonchev–Trinajstić information content (AvgIpc) is 2.31. The lowest BCUT2D eigenvalue weighted by Crippen LogP contribution is -2.34. The van der Waals surface area contributed by atoms with Gasteiger partial charge in [-0.25, -0.2) is 0 Å². The molecule has 0 aromatic rings. The maximum absolute atomic E-state index is 5.90. The number of nitrogens with zero attached hydrogens (tertiary/aromatic N) is 1. The summed E-state index contributed by atoms with van der Waals surface area (Å²) in [5.74, 6) is 0.511. The monoisotopic (exact) mass is 157 g/mol. The molecule has 0 aliphatic carbocycles. The van der Waals surface area contributed by atoms with Crippen LogP contribution in [-0.2, 0) is 0 Å². The molecule has 0 amide bonds. The summed E-state index contributed by atoms with van der Waals surface area (Å²) < 4.78 is 0. The van der Waals surface area contributed by atoms with Gasteiger partial charge in [0.2, 0.25) is 0 Å². The maximum Gasteiger partial charge on any atom is 0.0221 e. The quantitative estimate of drug-likeness (QED) is 0.574. The highest BCUT2D eigenvalue weighted by Gasteiger charge is 2.29. The summed E-state index contributed by atoms with van der Waals surface area (Å²) in [5, 5.41) is 0. The maximum atomic E-state index is 5.90. The van der Waals surface area contributed by atoms with E-state index >= 15 is 0 Å². The summed E-state index contributed by atoms with van der Waals surface area (Å²) in [4.78, 5) is 2.39. The zero-order chi connectivity index (χ0) is 8.43. The minimum Gasteiger partial charge on any atom is -0.330 e. The van der Waals surface area contributed by atoms with E-state index in [-0.39, 0.29) is 0 Å². The van der Waals surface area contributed by atoms with Crippen LogP contribution in [0.15, 0.2) is 0 Å². The van der Waals surface area contributed by atoms with E-state index in [1.165, 1.54) is 0 Å². The van der Waals surface area contributed by atoms with Crippen LogP contribution >= 0.6 is 0 Å². The number of likely N-dealkylation sites (tertiary alicyclic amines) is 1. The molecule has 2 unspecified atom stereocenters. The van der Waals surface area contributed by atoms with Crippen LogP contribution in [0.25, 0.3) is 0 Å². The average molecular weight is 157 g/mol. The summed E-state index contributed by atoms with van der Waals surface area (Å²) in [6.07, 6.45) is 0. The zero-order valence-electron chi connectivity index (χ0n) is 7.46. The van der Waals surface area contributed by atoms with E-state index in [1.807, 2.05) is 0 Å². The van der Waals surface area contributed by atoms with Crippen molar-refractivity contribution in [2.24, 2.45) is 17.4 Å². The molecular weight excluding hydrogens is 138 g/mol. The van der Waals surface area contributed by atoms with Crippen LogP contribution in [0.4, 0.5) is 0 Å². The second-order valence-electron chi connectivity index (χ2n) is 3.71.